The lowest BCUT2D eigenvalue weighted by Gasteiger charge is -2.13. The van der Waals surface area contributed by atoms with E-state index in [1.807, 2.05) is 19.1 Å². The number of aliphatic hydroxyl groups is 1. The second kappa shape index (κ2) is 17.3. The number of rotatable bonds is 13. The average Bonchev–Trinajstić information content (AvgIpc) is 3.02. The van der Waals surface area contributed by atoms with Gasteiger partial charge in [0.05, 0.1) is 6.10 Å². The van der Waals surface area contributed by atoms with Gasteiger partial charge in [-0.1, -0.05) is 51.2 Å². The van der Waals surface area contributed by atoms with E-state index < -0.39 is 5.97 Å². The van der Waals surface area contributed by atoms with Crippen LogP contribution in [0.1, 0.15) is 104 Å². The van der Waals surface area contributed by atoms with Gasteiger partial charge in [0.2, 0.25) is 0 Å². The summed E-state index contributed by atoms with van der Waals surface area (Å²) in [6.45, 7) is 4.14. The molecule has 26 heavy (non-hydrogen) atoms. The molecule has 2 N–H and O–H groups in total. The lowest BCUT2D eigenvalue weighted by Crippen LogP contribution is -2.14. The Morgan fingerprint density at radius 1 is 1.00 bits per heavy atom. The number of aliphatic hydroxyl groups excluding tert-OH is 1. The van der Waals surface area contributed by atoms with Crippen LogP contribution in [-0.4, -0.2) is 28.1 Å². The number of aliphatic carboxylic acids is 1. The number of allylic oxidation sites excluding steroid dienone is 2. The molecular weight excluding hydrogens is 328 g/mol. The summed E-state index contributed by atoms with van der Waals surface area (Å²) in [5.74, 6) is 0.0964. The number of ketones is 1. The fraction of sp³-hybridized carbons (Fsp3) is 0.818. The molecule has 0 aromatic heterocycles. The molecule has 0 heterocycles. The van der Waals surface area contributed by atoms with Crippen LogP contribution in [0.5, 0.6) is 0 Å². The third-order valence-corrected chi connectivity index (χ3v) is 4.97. The zero-order chi connectivity index (χ0) is 19.6. The zero-order valence-electron chi connectivity index (χ0n) is 16.9. The lowest BCUT2D eigenvalue weighted by atomic mass is 9.96. The van der Waals surface area contributed by atoms with Gasteiger partial charge in [0, 0.05) is 19.3 Å². The van der Waals surface area contributed by atoms with Gasteiger partial charge in [-0.15, -0.1) is 0 Å². The SMILES string of the molecule is C/C=C\CCCC(=O)O.CCCCCCCC(=O)CCC1CCC[C@H]1O. The molecule has 152 valence electrons. The van der Waals surface area contributed by atoms with Gasteiger partial charge >= 0.3 is 5.97 Å². The molecule has 0 spiro atoms. The van der Waals surface area contributed by atoms with Gasteiger partial charge in [-0.3, -0.25) is 9.59 Å². The van der Waals surface area contributed by atoms with E-state index in [1.54, 1.807) is 0 Å². The molecule has 0 aromatic carbocycles. The quantitative estimate of drug-likeness (QED) is 0.324. The summed E-state index contributed by atoms with van der Waals surface area (Å²) in [7, 11) is 0. The van der Waals surface area contributed by atoms with E-state index >= 15 is 0 Å². The number of hydrogen-bond acceptors (Lipinski definition) is 3. The van der Waals surface area contributed by atoms with Crippen LogP contribution in [0.4, 0.5) is 0 Å². The maximum atomic E-state index is 11.7. The van der Waals surface area contributed by atoms with Crippen molar-refractivity contribution >= 4 is 11.8 Å². The number of hydrogen-bond donors (Lipinski definition) is 2. The van der Waals surface area contributed by atoms with Crippen molar-refractivity contribution < 1.29 is 19.8 Å². The van der Waals surface area contributed by atoms with Crippen LogP contribution < -0.4 is 0 Å². The first kappa shape index (κ1) is 24.8. The molecule has 0 amide bonds. The number of carbonyl (C=O) groups is 2. The third kappa shape index (κ3) is 15.1. The summed E-state index contributed by atoms with van der Waals surface area (Å²) in [5.41, 5.74) is 0. The monoisotopic (exact) mass is 368 g/mol. The Bertz CT molecular complexity index is 390. The summed E-state index contributed by atoms with van der Waals surface area (Å²) in [4.78, 5) is 21.6. The van der Waals surface area contributed by atoms with Crippen molar-refractivity contribution in [1.82, 2.24) is 0 Å². The van der Waals surface area contributed by atoms with Crippen LogP contribution in [0.15, 0.2) is 12.2 Å². The first-order chi connectivity index (χ1) is 12.5. The second-order valence-corrected chi connectivity index (χ2v) is 7.35. The van der Waals surface area contributed by atoms with E-state index in [1.165, 1.54) is 25.7 Å². The Morgan fingerprint density at radius 2 is 1.73 bits per heavy atom. The smallest absolute Gasteiger partial charge is 0.303 e. The predicted molar refractivity (Wildman–Crippen MR) is 107 cm³/mol. The average molecular weight is 369 g/mol. The minimum atomic E-state index is -0.709. The summed E-state index contributed by atoms with van der Waals surface area (Å²) < 4.78 is 0. The van der Waals surface area contributed by atoms with E-state index in [2.05, 4.69) is 6.92 Å². The largest absolute Gasteiger partial charge is 0.481 e. The van der Waals surface area contributed by atoms with Crippen LogP contribution in [0.25, 0.3) is 0 Å². The standard InChI is InChI=1S/C15H28O2.C7H12O2/c1-2-3-4-5-6-9-14(16)12-11-13-8-7-10-15(13)17;1-2-3-4-5-6-7(8)9/h13,15,17H,2-12H2,1H3;2-3H,4-6H2,1H3,(H,8,9)/b;3-2-/t13?,15-;/m1./s1. The molecule has 4 nitrogen and oxygen atoms in total. The highest BCUT2D eigenvalue weighted by Crippen LogP contribution is 2.29. The number of unbranched alkanes of at least 4 members (excludes halogenated alkanes) is 5. The van der Waals surface area contributed by atoms with E-state index in [9.17, 15) is 14.7 Å². The van der Waals surface area contributed by atoms with Gasteiger partial charge < -0.3 is 10.2 Å². The van der Waals surface area contributed by atoms with E-state index in [0.717, 1.165) is 51.4 Å². The molecule has 1 unspecified atom stereocenters. The topological polar surface area (TPSA) is 74.6 Å². The number of carbonyl (C=O) groups excluding carboxylic acids is 1. The molecule has 0 bridgehead atoms. The molecule has 0 saturated heterocycles. The summed E-state index contributed by atoms with van der Waals surface area (Å²) in [6.07, 6.45) is 17.3. The molecule has 1 fully saturated rings. The van der Waals surface area contributed by atoms with Gasteiger partial charge in [-0.2, -0.15) is 0 Å². The van der Waals surface area contributed by atoms with Crippen LogP contribution in [0, 0.1) is 5.92 Å². The van der Waals surface area contributed by atoms with Crippen molar-refractivity contribution in [2.24, 2.45) is 5.92 Å². The fourth-order valence-corrected chi connectivity index (χ4v) is 3.29. The van der Waals surface area contributed by atoms with E-state index in [-0.39, 0.29) is 12.5 Å². The van der Waals surface area contributed by atoms with Gasteiger partial charge in [0.1, 0.15) is 5.78 Å². The molecule has 1 saturated carbocycles. The molecule has 4 heteroatoms. The maximum Gasteiger partial charge on any atom is 0.303 e. The van der Waals surface area contributed by atoms with Crippen LogP contribution in [0.2, 0.25) is 0 Å². The van der Waals surface area contributed by atoms with E-state index in [0.29, 0.717) is 18.1 Å². The first-order valence-corrected chi connectivity index (χ1v) is 10.5. The fourth-order valence-electron chi connectivity index (χ4n) is 3.29. The summed E-state index contributed by atoms with van der Waals surface area (Å²) >= 11 is 0. The van der Waals surface area contributed by atoms with Crippen LogP contribution >= 0.6 is 0 Å². The summed E-state index contributed by atoms with van der Waals surface area (Å²) in [5, 5.41) is 17.9. The van der Waals surface area contributed by atoms with Crippen molar-refractivity contribution in [3.8, 4) is 0 Å². The van der Waals surface area contributed by atoms with Crippen molar-refractivity contribution in [1.29, 1.82) is 0 Å². The summed E-state index contributed by atoms with van der Waals surface area (Å²) in [6, 6.07) is 0. The Balaban J connectivity index is 0.000000590. The van der Waals surface area contributed by atoms with Crippen molar-refractivity contribution in [2.75, 3.05) is 0 Å². The molecule has 1 aliphatic carbocycles. The second-order valence-electron chi connectivity index (χ2n) is 7.35. The highest BCUT2D eigenvalue weighted by atomic mass is 16.4. The number of carboxylic acid groups (broad SMARTS) is 1. The van der Waals surface area contributed by atoms with Gasteiger partial charge in [-0.25, -0.2) is 0 Å². The zero-order valence-corrected chi connectivity index (χ0v) is 16.9. The highest BCUT2D eigenvalue weighted by Gasteiger charge is 2.25. The molecule has 1 rings (SSSR count). The van der Waals surface area contributed by atoms with Crippen molar-refractivity contribution in [3.05, 3.63) is 12.2 Å². The minimum Gasteiger partial charge on any atom is -0.481 e. The Labute approximate surface area is 160 Å². The molecule has 0 radical (unpaired) electrons. The predicted octanol–water partition coefficient (Wildman–Crippen LogP) is 5.67. The Hall–Kier alpha value is -1.16. The number of Topliss-reactive ketones (excluding diaryl/α,β-unsaturated/α-hetero) is 1. The van der Waals surface area contributed by atoms with Crippen molar-refractivity contribution in [2.45, 2.75) is 110 Å². The van der Waals surface area contributed by atoms with Crippen molar-refractivity contribution in [3.63, 3.8) is 0 Å². The Kier molecular flexibility index (Phi) is 16.5. The lowest BCUT2D eigenvalue weighted by molar-refractivity contribution is -0.137. The van der Waals surface area contributed by atoms with Gasteiger partial charge in [0.15, 0.2) is 0 Å². The molecule has 2 atom stereocenters. The molecule has 0 aliphatic heterocycles. The highest BCUT2D eigenvalue weighted by molar-refractivity contribution is 5.78. The number of carboxylic acids is 1. The third-order valence-electron chi connectivity index (χ3n) is 4.97. The Morgan fingerprint density at radius 3 is 2.31 bits per heavy atom. The normalized spacial score (nSPS) is 19.3. The molecule has 0 aromatic rings. The van der Waals surface area contributed by atoms with Gasteiger partial charge in [-0.05, 0) is 51.4 Å². The molecular formula is C22H40O4. The first-order valence-electron chi connectivity index (χ1n) is 10.5. The van der Waals surface area contributed by atoms with Crippen LogP contribution in [-0.2, 0) is 9.59 Å². The van der Waals surface area contributed by atoms with Crippen LogP contribution in [0.3, 0.4) is 0 Å². The van der Waals surface area contributed by atoms with E-state index in [4.69, 9.17) is 5.11 Å². The van der Waals surface area contributed by atoms with Gasteiger partial charge in [0.25, 0.3) is 0 Å². The maximum absolute atomic E-state index is 11.7. The minimum absolute atomic E-state index is 0.132. The molecule has 1 aliphatic rings.